The highest BCUT2D eigenvalue weighted by Gasteiger charge is 2.31. The number of aromatic hydroxyl groups is 1. The number of carbonyl (C=O) groups excluding carboxylic acids is 1. The Morgan fingerprint density at radius 2 is 1.65 bits per heavy atom. The summed E-state index contributed by atoms with van der Waals surface area (Å²) in [6, 6.07) is 15.5. The quantitative estimate of drug-likeness (QED) is 0.149. The molecule has 1 fully saturated rings. The molecule has 246 valence electrons. The first-order chi connectivity index (χ1) is 21.9. The van der Waals surface area contributed by atoms with Crippen molar-refractivity contribution in [2.24, 2.45) is 17.8 Å². The number of rotatable bonds is 14. The maximum atomic E-state index is 12.6. The van der Waals surface area contributed by atoms with Crippen molar-refractivity contribution in [2.75, 3.05) is 18.6 Å². The average molecular weight is 635 g/mol. The Labute approximate surface area is 268 Å². The van der Waals surface area contributed by atoms with Gasteiger partial charge in [-0.15, -0.1) is 0 Å². The van der Waals surface area contributed by atoms with Crippen LogP contribution in [0, 0.1) is 38.0 Å². The number of hydrogen-bond acceptors (Lipinski definition) is 9. The molecule has 0 aromatic heterocycles. The van der Waals surface area contributed by atoms with E-state index in [2.05, 4.69) is 26.1 Å². The van der Waals surface area contributed by atoms with Crippen molar-refractivity contribution < 1.29 is 29.2 Å². The Kier molecular flexibility index (Phi) is 11.5. The van der Waals surface area contributed by atoms with Gasteiger partial charge in [-0.25, -0.2) is 0 Å². The van der Waals surface area contributed by atoms with Crippen molar-refractivity contribution in [3.8, 4) is 11.5 Å². The van der Waals surface area contributed by atoms with E-state index in [1.165, 1.54) is 42.8 Å². The van der Waals surface area contributed by atoms with E-state index in [0.717, 1.165) is 24.1 Å². The molecule has 0 bridgehead atoms. The van der Waals surface area contributed by atoms with Gasteiger partial charge in [-0.05, 0) is 60.4 Å². The van der Waals surface area contributed by atoms with Gasteiger partial charge < -0.3 is 24.8 Å². The summed E-state index contributed by atoms with van der Waals surface area (Å²) in [4.78, 5) is 36.0. The maximum absolute atomic E-state index is 12.6. The van der Waals surface area contributed by atoms with Gasteiger partial charge in [-0.1, -0.05) is 39.3 Å². The number of nitrogens with zero attached hydrogens (tertiary/aromatic N) is 3. The lowest BCUT2D eigenvalue weighted by Crippen LogP contribution is -2.37. The molecule has 4 rings (SSSR count). The van der Waals surface area contributed by atoms with Crippen LogP contribution < -0.4 is 15.0 Å². The van der Waals surface area contributed by atoms with Crippen molar-refractivity contribution in [1.29, 1.82) is 0 Å². The van der Waals surface area contributed by atoms with Gasteiger partial charge in [0.05, 0.1) is 16.0 Å². The molecule has 12 heteroatoms. The van der Waals surface area contributed by atoms with Crippen LogP contribution in [0.25, 0.3) is 0 Å². The molecule has 0 radical (unpaired) electrons. The lowest BCUT2D eigenvalue weighted by Gasteiger charge is -2.37. The summed E-state index contributed by atoms with van der Waals surface area (Å²) in [5, 5.41) is 35.7. The number of anilines is 1. The summed E-state index contributed by atoms with van der Waals surface area (Å²) in [5.41, 5.74) is 2.17. The second-order valence-electron chi connectivity index (χ2n) is 12.4. The first-order valence-corrected chi connectivity index (χ1v) is 15.5. The van der Waals surface area contributed by atoms with E-state index in [1.807, 2.05) is 36.2 Å². The number of nitro groups is 2. The van der Waals surface area contributed by atoms with Crippen LogP contribution in [0.3, 0.4) is 0 Å². The summed E-state index contributed by atoms with van der Waals surface area (Å²) < 4.78 is 12.0. The van der Waals surface area contributed by atoms with E-state index in [4.69, 9.17) is 9.47 Å². The highest BCUT2D eigenvalue weighted by atomic mass is 16.6. The Hall–Kier alpha value is -4.71. The number of carbonyl (C=O) groups is 1. The summed E-state index contributed by atoms with van der Waals surface area (Å²) in [6.07, 6.45) is 3.42. The van der Waals surface area contributed by atoms with Crippen molar-refractivity contribution in [3.63, 3.8) is 0 Å². The average Bonchev–Trinajstić information content (AvgIpc) is 3.02. The van der Waals surface area contributed by atoms with Crippen molar-refractivity contribution in [2.45, 2.75) is 65.8 Å². The maximum Gasteiger partial charge on any atom is 0.270 e. The van der Waals surface area contributed by atoms with E-state index in [1.54, 1.807) is 0 Å². The fourth-order valence-corrected chi connectivity index (χ4v) is 5.86. The predicted octanol–water partition coefficient (Wildman–Crippen LogP) is 6.52. The number of nitro benzene ring substituents is 2. The third-order valence-corrected chi connectivity index (χ3v) is 8.58. The Morgan fingerprint density at radius 1 is 1.00 bits per heavy atom. The molecule has 0 aliphatic heterocycles. The number of benzene rings is 3. The van der Waals surface area contributed by atoms with Crippen molar-refractivity contribution in [1.82, 2.24) is 5.32 Å². The van der Waals surface area contributed by atoms with Crippen LogP contribution >= 0.6 is 0 Å². The van der Waals surface area contributed by atoms with E-state index in [-0.39, 0.29) is 54.5 Å². The Bertz CT molecular complexity index is 1530. The lowest BCUT2D eigenvalue weighted by atomic mass is 9.75. The SMILES string of the molecule is CC1CCC(C(C)C)C(OCC(=O)NCc2ccc(N(C)Cc3cc([N+](=O)[O-])ccc3OCc3cc([N+](=O)[O-])ccc3O)cc2)C1. The van der Waals surface area contributed by atoms with E-state index in [0.29, 0.717) is 35.6 Å². The zero-order valence-corrected chi connectivity index (χ0v) is 26.7. The summed E-state index contributed by atoms with van der Waals surface area (Å²) in [7, 11) is 1.83. The first kappa shape index (κ1) is 34.2. The monoisotopic (exact) mass is 634 g/mol. The van der Waals surface area contributed by atoms with Crippen LogP contribution in [-0.2, 0) is 29.2 Å². The molecule has 0 heterocycles. The summed E-state index contributed by atoms with van der Waals surface area (Å²) in [6.45, 7) is 7.13. The van der Waals surface area contributed by atoms with Crippen LogP contribution in [0.15, 0.2) is 60.7 Å². The molecule has 1 aliphatic carbocycles. The van der Waals surface area contributed by atoms with Crippen LogP contribution in [0.2, 0.25) is 0 Å². The van der Waals surface area contributed by atoms with Crippen molar-refractivity contribution >= 4 is 23.0 Å². The molecule has 2 N–H and O–H groups in total. The van der Waals surface area contributed by atoms with E-state index >= 15 is 0 Å². The molecule has 1 saturated carbocycles. The zero-order valence-electron chi connectivity index (χ0n) is 26.7. The molecule has 3 atom stereocenters. The molecule has 12 nitrogen and oxygen atoms in total. The zero-order chi connectivity index (χ0) is 33.4. The standard InChI is InChI=1S/C34H42N4O8/c1-22(2)30-12-5-23(3)15-33(30)46-21-34(40)35-18-24-6-8-27(9-7-24)36(4)19-25-16-29(38(43)44)11-14-32(25)45-20-26-17-28(37(41)42)10-13-31(26)39/h6-11,13-14,16-17,22-23,30,33,39H,5,12,15,18-21H2,1-4H3,(H,35,40). The van der Waals surface area contributed by atoms with Gasteiger partial charge in [0.15, 0.2) is 0 Å². The first-order valence-electron chi connectivity index (χ1n) is 15.5. The number of phenolic OH excluding ortho intramolecular Hbond substituents is 1. The molecule has 46 heavy (non-hydrogen) atoms. The predicted molar refractivity (Wildman–Crippen MR) is 174 cm³/mol. The minimum Gasteiger partial charge on any atom is -0.508 e. The van der Waals surface area contributed by atoms with Gasteiger partial charge in [0, 0.05) is 61.2 Å². The number of non-ortho nitro benzene ring substituents is 2. The second-order valence-corrected chi connectivity index (χ2v) is 12.4. The topological polar surface area (TPSA) is 157 Å². The molecule has 3 aromatic rings. The molecule has 0 spiro atoms. The van der Waals surface area contributed by atoms with Crippen LogP contribution in [0.1, 0.15) is 56.7 Å². The van der Waals surface area contributed by atoms with Crippen molar-refractivity contribution in [3.05, 3.63) is 97.6 Å². The number of nitrogens with one attached hydrogen (secondary N) is 1. The largest absolute Gasteiger partial charge is 0.508 e. The Balaban J connectivity index is 1.35. The number of hydrogen-bond donors (Lipinski definition) is 2. The lowest BCUT2D eigenvalue weighted by molar-refractivity contribution is -0.385. The third kappa shape index (κ3) is 9.16. The minimum absolute atomic E-state index is 0.0375. The molecular formula is C34H42N4O8. The highest BCUT2D eigenvalue weighted by molar-refractivity contribution is 5.77. The summed E-state index contributed by atoms with van der Waals surface area (Å²) >= 11 is 0. The fraction of sp³-hybridized carbons (Fsp3) is 0.441. The van der Waals surface area contributed by atoms with Gasteiger partial charge in [0.1, 0.15) is 24.7 Å². The fourth-order valence-electron chi connectivity index (χ4n) is 5.86. The highest BCUT2D eigenvalue weighted by Crippen LogP contribution is 2.35. The number of amides is 1. The number of phenols is 1. The number of ether oxygens (including phenoxy) is 2. The molecule has 1 amide bonds. The van der Waals surface area contributed by atoms with Crippen LogP contribution in [0.4, 0.5) is 17.1 Å². The van der Waals surface area contributed by atoms with Gasteiger partial charge in [0.2, 0.25) is 5.91 Å². The van der Waals surface area contributed by atoms with Gasteiger partial charge in [0.25, 0.3) is 11.4 Å². The van der Waals surface area contributed by atoms with E-state index in [9.17, 15) is 30.1 Å². The Morgan fingerprint density at radius 3 is 2.30 bits per heavy atom. The molecule has 0 saturated heterocycles. The second kappa shape index (κ2) is 15.5. The molecular weight excluding hydrogens is 592 g/mol. The smallest absolute Gasteiger partial charge is 0.270 e. The molecule has 3 aromatic carbocycles. The van der Waals surface area contributed by atoms with Gasteiger partial charge in [-0.2, -0.15) is 0 Å². The van der Waals surface area contributed by atoms with Gasteiger partial charge >= 0.3 is 0 Å². The van der Waals surface area contributed by atoms with Crippen LogP contribution in [-0.4, -0.2) is 40.6 Å². The normalized spacial score (nSPS) is 17.8. The summed E-state index contributed by atoms with van der Waals surface area (Å²) in [5.74, 6) is 1.62. The van der Waals surface area contributed by atoms with E-state index < -0.39 is 9.85 Å². The molecule has 3 unspecified atom stereocenters. The minimum atomic E-state index is -0.566. The third-order valence-electron chi connectivity index (χ3n) is 8.58. The van der Waals surface area contributed by atoms with Crippen LogP contribution in [0.5, 0.6) is 11.5 Å². The molecule has 1 aliphatic rings. The van der Waals surface area contributed by atoms with Gasteiger partial charge in [-0.3, -0.25) is 25.0 Å².